The molecule has 0 saturated carbocycles. The summed E-state index contributed by atoms with van der Waals surface area (Å²) in [6.45, 7) is 3.69. The lowest BCUT2D eigenvalue weighted by atomic mass is 10.1. The molecule has 1 aromatic carbocycles. The average molecular weight is 394 g/mol. The number of H-pyrrole nitrogens is 1. The number of halogens is 2. The van der Waals surface area contributed by atoms with Crippen LogP contribution in [-0.2, 0) is 0 Å². The van der Waals surface area contributed by atoms with Gasteiger partial charge in [0, 0.05) is 21.5 Å². The summed E-state index contributed by atoms with van der Waals surface area (Å²) >= 11 is 17.2. The molecule has 128 valence electrons. The molecule has 3 rings (SSSR count). The highest BCUT2D eigenvalue weighted by atomic mass is 35.5. The molecule has 8 heteroatoms. The van der Waals surface area contributed by atoms with Gasteiger partial charge in [0.2, 0.25) is 5.88 Å². The first kappa shape index (κ1) is 17.7. The largest absolute Gasteiger partial charge is 0.494 e. The molecule has 1 aromatic heterocycles. The highest BCUT2D eigenvalue weighted by Gasteiger charge is 2.16. The predicted octanol–water partition coefficient (Wildman–Crippen LogP) is 4.67. The van der Waals surface area contributed by atoms with E-state index in [-0.39, 0.29) is 16.2 Å². The molecule has 2 heterocycles. The van der Waals surface area contributed by atoms with E-state index in [9.17, 15) is 9.90 Å². The molecule has 0 atom stereocenters. The fraction of sp³-hybridized carbons (Fsp3) is 0.118. The first-order valence-corrected chi connectivity index (χ1v) is 8.43. The SMILES string of the molecule is CC1=CC(=Cc2c(O)n(-c3cc(Cl)cc(Cl)c3)c(=S)[nH]c2=O)C(C)=N1. The Morgan fingerprint density at radius 1 is 1.24 bits per heavy atom. The molecule has 25 heavy (non-hydrogen) atoms. The van der Waals surface area contributed by atoms with E-state index in [0.717, 1.165) is 17.0 Å². The Morgan fingerprint density at radius 3 is 2.44 bits per heavy atom. The van der Waals surface area contributed by atoms with Crippen molar-refractivity contribution in [2.75, 3.05) is 0 Å². The van der Waals surface area contributed by atoms with E-state index in [1.807, 2.05) is 19.9 Å². The van der Waals surface area contributed by atoms with Crippen LogP contribution in [0.25, 0.3) is 11.8 Å². The minimum absolute atomic E-state index is 0.0338. The summed E-state index contributed by atoms with van der Waals surface area (Å²) in [5.74, 6) is -0.301. The van der Waals surface area contributed by atoms with Crippen molar-refractivity contribution in [3.05, 3.63) is 66.3 Å². The van der Waals surface area contributed by atoms with Gasteiger partial charge in [0.05, 0.1) is 5.69 Å². The van der Waals surface area contributed by atoms with Crippen molar-refractivity contribution in [2.24, 2.45) is 4.99 Å². The third-order valence-electron chi connectivity index (χ3n) is 3.65. The minimum Gasteiger partial charge on any atom is -0.494 e. The lowest BCUT2D eigenvalue weighted by Gasteiger charge is -2.12. The predicted molar refractivity (Wildman–Crippen MR) is 104 cm³/mol. The summed E-state index contributed by atoms with van der Waals surface area (Å²) in [6.07, 6.45) is 3.40. The maximum atomic E-state index is 12.3. The van der Waals surface area contributed by atoms with Gasteiger partial charge < -0.3 is 5.11 Å². The van der Waals surface area contributed by atoms with Crippen molar-refractivity contribution in [3.63, 3.8) is 0 Å². The second-order valence-electron chi connectivity index (χ2n) is 5.54. The number of aromatic hydroxyl groups is 1. The van der Waals surface area contributed by atoms with Gasteiger partial charge >= 0.3 is 0 Å². The number of nitrogens with zero attached hydrogens (tertiary/aromatic N) is 2. The summed E-state index contributed by atoms with van der Waals surface area (Å²) in [4.78, 5) is 19.2. The zero-order valence-corrected chi connectivity index (χ0v) is 15.6. The molecular weight excluding hydrogens is 381 g/mol. The van der Waals surface area contributed by atoms with Gasteiger partial charge in [-0.1, -0.05) is 23.2 Å². The molecule has 0 fully saturated rings. The number of aliphatic imine (C=N–C) groups is 1. The van der Waals surface area contributed by atoms with Gasteiger partial charge in [0.25, 0.3) is 5.56 Å². The van der Waals surface area contributed by atoms with Crippen molar-refractivity contribution >= 4 is 47.2 Å². The van der Waals surface area contributed by atoms with Gasteiger partial charge in [-0.05, 0) is 62.0 Å². The maximum Gasteiger partial charge on any atom is 0.262 e. The zero-order valence-electron chi connectivity index (χ0n) is 13.3. The minimum atomic E-state index is -0.495. The van der Waals surface area contributed by atoms with Gasteiger partial charge in [-0.25, -0.2) is 0 Å². The summed E-state index contributed by atoms with van der Waals surface area (Å²) in [5.41, 5.74) is 2.35. The average Bonchev–Trinajstić information content (AvgIpc) is 2.80. The molecule has 1 aliphatic rings. The number of aromatic nitrogens is 2. The number of hydrogen-bond acceptors (Lipinski definition) is 4. The first-order valence-electron chi connectivity index (χ1n) is 7.26. The summed E-state index contributed by atoms with van der Waals surface area (Å²) in [5, 5.41) is 11.4. The molecule has 0 radical (unpaired) electrons. The molecular formula is C17H13Cl2N3O2S. The van der Waals surface area contributed by atoms with Crippen molar-refractivity contribution in [2.45, 2.75) is 13.8 Å². The van der Waals surface area contributed by atoms with Crippen LogP contribution < -0.4 is 5.56 Å². The number of nitrogens with one attached hydrogen (secondary N) is 1. The van der Waals surface area contributed by atoms with E-state index in [4.69, 9.17) is 35.4 Å². The lowest BCUT2D eigenvalue weighted by Crippen LogP contribution is -2.16. The second kappa shape index (κ2) is 6.63. The Morgan fingerprint density at radius 2 is 1.88 bits per heavy atom. The van der Waals surface area contributed by atoms with E-state index >= 15 is 0 Å². The zero-order chi connectivity index (χ0) is 18.3. The van der Waals surface area contributed by atoms with Gasteiger partial charge in [0.15, 0.2) is 4.77 Å². The molecule has 2 aromatic rings. The number of benzene rings is 1. The fourth-order valence-corrected chi connectivity index (χ4v) is 3.37. The Bertz CT molecular complexity index is 1070. The van der Waals surface area contributed by atoms with Crippen LogP contribution in [0.3, 0.4) is 0 Å². The third-order valence-corrected chi connectivity index (χ3v) is 4.37. The number of allylic oxidation sites excluding steroid dienone is 3. The normalized spacial score (nSPS) is 15.4. The molecule has 0 saturated heterocycles. The van der Waals surface area contributed by atoms with Crippen molar-refractivity contribution < 1.29 is 5.11 Å². The van der Waals surface area contributed by atoms with Crippen LogP contribution in [0, 0.1) is 4.77 Å². The van der Waals surface area contributed by atoms with Gasteiger partial charge in [-0.15, -0.1) is 0 Å². The summed E-state index contributed by atoms with van der Waals surface area (Å²) < 4.78 is 1.34. The lowest BCUT2D eigenvalue weighted by molar-refractivity contribution is 0.432. The summed E-state index contributed by atoms with van der Waals surface area (Å²) in [6, 6.07) is 4.74. The fourth-order valence-electron chi connectivity index (χ4n) is 2.57. The Hall–Kier alpha value is -2.15. The van der Waals surface area contributed by atoms with Crippen LogP contribution in [0.15, 0.2) is 45.3 Å². The highest BCUT2D eigenvalue weighted by Crippen LogP contribution is 2.27. The first-order chi connectivity index (χ1) is 11.8. The number of hydrogen-bond donors (Lipinski definition) is 2. The van der Waals surface area contributed by atoms with Gasteiger partial charge in [-0.2, -0.15) is 0 Å². The molecule has 1 aliphatic heterocycles. The Kier molecular flexibility index (Phi) is 4.69. The smallest absolute Gasteiger partial charge is 0.262 e. The highest BCUT2D eigenvalue weighted by molar-refractivity contribution is 7.71. The van der Waals surface area contributed by atoms with Crippen LogP contribution in [0.2, 0.25) is 10.0 Å². The van der Waals surface area contributed by atoms with Crippen LogP contribution in [-0.4, -0.2) is 20.4 Å². The molecule has 2 N–H and O–H groups in total. The topological polar surface area (TPSA) is 70.4 Å². The van der Waals surface area contributed by atoms with Crippen molar-refractivity contribution in [1.29, 1.82) is 0 Å². The van der Waals surface area contributed by atoms with E-state index in [1.54, 1.807) is 24.3 Å². The monoisotopic (exact) mass is 393 g/mol. The van der Waals surface area contributed by atoms with E-state index in [2.05, 4.69) is 9.98 Å². The Balaban J connectivity index is 2.27. The van der Waals surface area contributed by atoms with Crippen molar-refractivity contribution in [3.8, 4) is 11.6 Å². The van der Waals surface area contributed by atoms with Gasteiger partial charge in [-0.3, -0.25) is 19.3 Å². The van der Waals surface area contributed by atoms with E-state index in [0.29, 0.717) is 15.7 Å². The third kappa shape index (κ3) is 3.46. The maximum absolute atomic E-state index is 12.3. The van der Waals surface area contributed by atoms with Crippen LogP contribution >= 0.6 is 35.4 Å². The Labute approximate surface area is 158 Å². The molecule has 0 spiro atoms. The van der Waals surface area contributed by atoms with Crippen LogP contribution in [0.1, 0.15) is 19.4 Å². The van der Waals surface area contributed by atoms with Crippen LogP contribution in [0.4, 0.5) is 0 Å². The summed E-state index contributed by atoms with van der Waals surface area (Å²) in [7, 11) is 0. The van der Waals surface area contributed by atoms with Crippen LogP contribution in [0.5, 0.6) is 5.88 Å². The second-order valence-corrected chi connectivity index (χ2v) is 6.80. The molecule has 0 bridgehead atoms. The quantitative estimate of drug-likeness (QED) is 0.728. The van der Waals surface area contributed by atoms with E-state index < -0.39 is 5.56 Å². The molecule has 0 unspecified atom stereocenters. The molecule has 0 amide bonds. The molecule has 5 nitrogen and oxygen atoms in total. The van der Waals surface area contributed by atoms with Gasteiger partial charge in [0.1, 0.15) is 5.56 Å². The number of aromatic amines is 1. The van der Waals surface area contributed by atoms with Crippen molar-refractivity contribution in [1.82, 2.24) is 9.55 Å². The molecule has 0 aliphatic carbocycles. The standard InChI is InChI=1S/C17H13Cl2N3O2S/c1-8-3-10(9(2)20-8)4-14-15(23)21-17(25)22(16(14)24)13-6-11(18)5-12(19)7-13/h3-7,24H,1-2H3,(H,21,23,25). The number of rotatable bonds is 2. The van der Waals surface area contributed by atoms with E-state index in [1.165, 1.54) is 4.57 Å².